The molecule has 2 nitrogen and oxygen atoms in total. The summed E-state index contributed by atoms with van der Waals surface area (Å²) in [4.78, 5) is 0. The van der Waals surface area contributed by atoms with Crippen molar-refractivity contribution >= 4 is 0 Å². The first kappa shape index (κ1) is 10.8. The highest BCUT2D eigenvalue weighted by molar-refractivity contribution is 5.33. The van der Waals surface area contributed by atoms with Gasteiger partial charge in [-0.1, -0.05) is 30.0 Å². The van der Waals surface area contributed by atoms with Crippen molar-refractivity contribution in [3.8, 4) is 24.0 Å². The maximum absolute atomic E-state index is 8.52. The molecule has 0 unspecified atom stereocenters. The average Bonchev–Trinajstić information content (AvgIpc) is 2.31. The van der Waals surface area contributed by atoms with Gasteiger partial charge in [-0.15, -0.1) is 0 Å². The molecule has 0 aliphatic rings. The molecular formula is C13H10N2. The zero-order valence-corrected chi connectivity index (χ0v) is 8.27. The Morgan fingerprint density at radius 3 is 2.33 bits per heavy atom. The predicted octanol–water partition coefficient (Wildman–Crippen LogP) is 2.48. The summed E-state index contributed by atoms with van der Waals surface area (Å²) in [5.74, 6) is 5.40. The van der Waals surface area contributed by atoms with E-state index >= 15 is 0 Å². The number of hydrogen-bond acceptors (Lipinski definition) is 2. The lowest BCUT2D eigenvalue weighted by Gasteiger charge is -1.91. The fourth-order valence-corrected chi connectivity index (χ4v) is 1.06. The molecular weight excluding hydrogens is 184 g/mol. The second-order valence-electron chi connectivity index (χ2n) is 3.02. The highest BCUT2D eigenvalue weighted by atomic mass is 14.3. The minimum absolute atomic E-state index is 0.521. The van der Waals surface area contributed by atoms with Gasteiger partial charge >= 0.3 is 0 Å². The molecule has 1 aromatic rings. The number of benzene rings is 1. The van der Waals surface area contributed by atoms with Crippen LogP contribution in [0.1, 0.15) is 18.4 Å². The van der Waals surface area contributed by atoms with Crippen LogP contribution in [0.25, 0.3) is 0 Å². The van der Waals surface area contributed by atoms with Crippen LogP contribution in [0, 0.1) is 40.4 Å². The molecule has 0 aromatic heterocycles. The number of rotatable bonds is 2. The molecule has 0 atom stereocenters. The lowest BCUT2D eigenvalue weighted by Crippen LogP contribution is -1.90. The Morgan fingerprint density at radius 2 is 1.73 bits per heavy atom. The van der Waals surface area contributed by atoms with E-state index in [9.17, 15) is 0 Å². The van der Waals surface area contributed by atoms with Gasteiger partial charge in [0.2, 0.25) is 0 Å². The molecule has 15 heavy (non-hydrogen) atoms. The molecule has 0 saturated heterocycles. The molecule has 1 rings (SSSR count). The number of nitriles is 2. The van der Waals surface area contributed by atoms with Gasteiger partial charge in [0, 0.05) is 12.0 Å². The predicted molar refractivity (Wildman–Crippen MR) is 57.3 cm³/mol. The lowest BCUT2D eigenvalue weighted by molar-refractivity contribution is 0.756. The highest BCUT2D eigenvalue weighted by Gasteiger charge is 2.01. The third kappa shape index (κ3) is 3.99. The summed E-state index contributed by atoms with van der Waals surface area (Å²) in [6.45, 7) is 0. The van der Waals surface area contributed by atoms with Crippen LogP contribution in [0.3, 0.4) is 0 Å². The Balaban J connectivity index is 2.43. The van der Waals surface area contributed by atoms with Gasteiger partial charge in [-0.2, -0.15) is 10.5 Å². The maximum atomic E-state index is 8.52. The van der Waals surface area contributed by atoms with Crippen LogP contribution >= 0.6 is 0 Å². The molecule has 0 fully saturated rings. The van der Waals surface area contributed by atoms with Crippen molar-refractivity contribution in [2.24, 2.45) is 5.92 Å². The molecule has 0 N–H and O–H groups in total. The van der Waals surface area contributed by atoms with E-state index in [1.807, 2.05) is 42.5 Å². The van der Waals surface area contributed by atoms with Crippen molar-refractivity contribution in [2.45, 2.75) is 12.8 Å². The van der Waals surface area contributed by atoms with Gasteiger partial charge in [0.05, 0.1) is 12.1 Å². The molecule has 0 saturated carbocycles. The normalized spacial score (nSPS) is 8.47. The second kappa shape index (κ2) is 6.25. The smallest absolute Gasteiger partial charge is 0.134 e. The number of nitrogens with zero attached hydrogens (tertiary/aromatic N) is 2. The minimum Gasteiger partial charge on any atom is -0.197 e. The molecule has 0 aliphatic heterocycles. The summed E-state index contributed by atoms with van der Waals surface area (Å²) in [6.07, 6.45) is 1.10. The largest absolute Gasteiger partial charge is 0.197 e. The third-order valence-electron chi connectivity index (χ3n) is 1.88. The van der Waals surface area contributed by atoms with Crippen molar-refractivity contribution in [3.05, 3.63) is 35.9 Å². The van der Waals surface area contributed by atoms with Crippen molar-refractivity contribution in [3.63, 3.8) is 0 Å². The number of hydrogen-bond donors (Lipinski definition) is 0. The van der Waals surface area contributed by atoms with Crippen molar-refractivity contribution in [1.29, 1.82) is 10.5 Å². The summed E-state index contributed by atoms with van der Waals surface area (Å²) >= 11 is 0. The molecule has 0 radical (unpaired) electrons. The summed E-state index contributed by atoms with van der Waals surface area (Å²) in [5, 5.41) is 17.0. The van der Waals surface area contributed by atoms with Gasteiger partial charge in [0.1, 0.15) is 5.92 Å². The Kier molecular flexibility index (Phi) is 4.52. The van der Waals surface area contributed by atoms with E-state index in [0.29, 0.717) is 12.8 Å². The van der Waals surface area contributed by atoms with Crippen molar-refractivity contribution < 1.29 is 0 Å². The van der Waals surface area contributed by atoms with E-state index in [2.05, 4.69) is 11.8 Å². The zero-order valence-electron chi connectivity index (χ0n) is 8.27. The minimum atomic E-state index is -0.532. The molecule has 0 aliphatic carbocycles. The topological polar surface area (TPSA) is 47.6 Å². The Bertz CT molecular complexity index is 423. The van der Waals surface area contributed by atoms with Gasteiger partial charge in [0.25, 0.3) is 0 Å². The summed E-state index contributed by atoms with van der Waals surface area (Å²) in [7, 11) is 0. The van der Waals surface area contributed by atoms with Gasteiger partial charge in [-0.25, -0.2) is 0 Å². The molecule has 0 spiro atoms. The van der Waals surface area contributed by atoms with Crippen LogP contribution in [-0.2, 0) is 0 Å². The Labute approximate surface area is 89.8 Å². The van der Waals surface area contributed by atoms with Gasteiger partial charge in [-0.05, 0) is 18.6 Å². The van der Waals surface area contributed by atoms with Gasteiger partial charge < -0.3 is 0 Å². The van der Waals surface area contributed by atoms with Crippen LogP contribution in [-0.4, -0.2) is 0 Å². The molecule has 0 heterocycles. The standard InChI is InChI=1S/C13H10N2/c14-10-13(11-15)9-5-4-8-12-6-2-1-3-7-12/h1-3,6-7,13H,5,9H2. The van der Waals surface area contributed by atoms with Crippen molar-refractivity contribution in [2.75, 3.05) is 0 Å². The SMILES string of the molecule is N#CC(C#N)CCC#Cc1ccccc1. The molecule has 0 bridgehead atoms. The van der Waals surface area contributed by atoms with Crippen molar-refractivity contribution in [1.82, 2.24) is 0 Å². The monoisotopic (exact) mass is 194 g/mol. The molecule has 2 heteroatoms. The summed E-state index contributed by atoms with van der Waals surface area (Å²) < 4.78 is 0. The Hall–Kier alpha value is -2.24. The van der Waals surface area contributed by atoms with Crippen LogP contribution in [0.4, 0.5) is 0 Å². The molecule has 1 aromatic carbocycles. The fraction of sp³-hybridized carbons (Fsp3) is 0.231. The van der Waals surface area contributed by atoms with Crippen LogP contribution in [0.5, 0.6) is 0 Å². The highest BCUT2D eigenvalue weighted by Crippen LogP contribution is 2.02. The van der Waals surface area contributed by atoms with E-state index in [-0.39, 0.29) is 0 Å². The quantitative estimate of drug-likeness (QED) is 0.679. The van der Waals surface area contributed by atoms with Crippen LogP contribution in [0.15, 0.2) is 30.3 Å². The van der Waals surface area contributed by atoms with E-state index in [1.165, 1.54) is 0 Å². The lowest BCUT2D eigenvalue weighted by atomic mass is 10.1. The summed E-state index contributed by atoms with van der Waals surface area (Å²) in [6, 6.07) is 13.5. The van der Waals surface area contributed by atoms with Gasteiger partial charge in [-0.3, -0.25) is 0 Å². The molecule has 72 valence electrons. The van der Waals surface area contributed by atoms with Crippen LogP contribution < -0.4 is 0 Å². The van der Waals surface area contributed by atoms with E-state index < -0.39 is 5.92 Å². The average molecular weight is 194 g/mol. The van der Waals surface area contributed by atoms with E-state index in [1.54, 1.807) is 0 Å². The first-order valence-electron chi connectivity index (χ1n) is 4.70. The zero-order chi connectivity index (χ0) is 10.9. The Morgan fingerprint density at radius 1 is 1.07 bits per heavy atom. The van der Waals surface area contributed by atoms with E-state index in [4.69, 9.17) is 10.5 Å². The summed E-state index contributed by atoms with van der Waals surface area (Å²) in [5.41, 5.74) is 0.961. The third-order valence-corrected chi connectivity index (χ3v) is 1.88. The first-order chi connectivity index (χ1) is 7.36. The fourth-order valence-electron chi connectivity index (χ4n) is 1.06. The first-order valence-corrected chi connectivity index (χ1v) is 4.70. The maximum Gasteiger partial charge on any atom is 0.134 e. The van der Waals surface area contributed by atoms with Gasteiger partial charge in [0.15, 0.2) is 0 Å². The second-order valence-corrected chi connectivity index (χ2v) is 3.02. The molecule has 0 amide bonds. The van der Waals surface area contributed by atoms with E-state index in [0.717, 1.165) is 5.56 Å². The van der Waals surface area contributed by atoms with Crippen LogP contribution in [0.2, 0.25) is 0 Å².